The Balaban J connectivity index is 1.48. The smallest absolute Gasteiger partial charge is 0.270 e. The molecular weight excluding hydrogens is 375 g/mol. The molecule has 8 heteroatoms. The molecule has 2 saturated heterocycles. The molecule has 0 spiro atoms. The first kappa shape index (κ1) is 17.6. The van der Waals surface area contributed by atoms with E-state index >= 15 is 0 Å². The van der Waals surface area contributed by atoms with Crippen LogP contribution in [-0.2, 0) is 4.79 Å². The van der Waals surface area contributed by atoms with Gasteiger partial charge in [0.25, 0.3) is 5.91 Å². The van der Waals surface area contributed by atoms with Gasteiger partial charge in [0.15, 0.2) is 0 Å². The Hall–Kier alpha value is -1.76. The van der Waals surface area contributed by atoms with E-state index in [1.54, 1.807) is 23.1 Å². The number of nitrogens with one attached hydrogen (secondary N) is 1. The summed E-state index contributed by atoms with van der Waals surface area (Å²) in [5.74, 6) is -0.159. The van der Waals surface area contributed by atoms with Gasteiger partial charge in [0.1, 0.15) is 5.69 Å². The molecule has 6 nitrogen and oxygen atoms in total. The van der Waals surface area contributed by atoms with Gasteiger partial charge in [0.05, 0.1) is 16.0 Å². The maximum absolute atomic E-state index is 12.8. The van der Waals surface area contributed by atoms with E-state index in [0.29, 0.717) is 48.3 Å². The van der Waals surface area contributed by atoms with Crippen LogP contribution in [0.5, 0.6) is 0 Å². The molecule has 1 aromatic heterocycles. The summed E-state index contributed by atoms with van der Waals surface area (Å²) in [6.07, 6.45) is 1.53. The Morgan fingerprint density at radius 2 is 1.88 bits per heavy atom. The summed E-state index contributed by atoms with van der Waals surface area (Å²) >= 11 is 12.3. The van der Waals surface area contributed by atoms with Crippen molar-refractivity contribution >= 4 is 45.9 Å². The molecule has 4 rings (SSSR count). The monoisotopic (exact) mass is 394 g/mol. The number of amides is 2. The number of H-pyrrole nitrogens is 1. The number of aromatic nitrogens is 1. The molecule has 2 aromatic rings. The third kappa shape index (κ3) is 3.06. The van der Waals surface area contributed by atoms with E-state index in [9.17, 15) is 9.59 Å². The van der Waals surface area contributed by atoms with Crippen LogP contribution in [0.3, 0.4) is 0 Å². The number of hydrogen-bond donors (Lipinski definition) is 2. The van der Waals surface area contributed by atoms with Crippen LogP contribution in [0.1, 0.15) is 23.3 Å². The zero-order valence-corrected chi connectivity index (χ0v) is 15.7. The quantitative estimate of drug-likeness (QED) is 0.820. The highest BCUT2D eigenvalue weighted by molar-refractivity contribution is 6.45. The first-order valence-corrected chi connectivity index (χ1v) is 9.50. The lowest BCUT2D eigenvalue weighted by molar-refractivity contribution is -0.134. The molecule has 2 fully saturated rings. The zero-order chi connectivity index (χ0) is 18.4. The number of fused-ring (bicyclic) bond motifs is 1. The van der Waals surface area contributed by atoms with E-state index in [1.807, 2.05) is 4.90 Å². The second-order valence-electron chi connectivity index (χ2n) is 7.08. The fourth-order valence-electron chi connectivity index (χ4n) is 3.82. The topological polar surface area (TPSA) is 82.4 Å². The number of likely N-dealkylation sites (tertiary alicyclic amines) is 2. The SMILES string of the molecule is N[C@@H]1CCN(C(=O)[C@H]2CCN(C(=O)c3cc4c(Cl)c(Cl)ccc4[nH]3)C2)C1. The molecule has 1 aromatic carbocycles. The van der Waals surface area contributed by atoms with Gasteiger partial charge in [-0.05, 0) is 31.0 Å². The highest BCUT2D eigenvalue weighted by atomic mass is 35.5. The van der Waals surface area contributed by atoms with E-state index in [4.69, 9.17) is 28.9 Å². The van der Waals surface area contributed by atoms with Crippen LogP contribution in [0, 0.1) is 5.92 Å². The minimum atomic E-state index is -0.147. The summed E-state index contributed by atoms with van der Waals surface area (Å²) in [5.41, 5.74) is 7.11. The van der Waals surface area contributed by atoms with E-state index in [2.05, 4.69) is 4.98 Å². The van der Waals surface area contributed by atoms with Crippen LogP contribution in [0.15, 0.2) is 18.2 Å². The van der Waals surface area contributed by atoms with E-state index in [0.717, 1.165) is 17.3 Å². The van der Waals surface area contributed by atoms with Gasteiger partial charge in [-0.15, -0.1) is 0 Å². The van der Waals surface area contributed by atoms with Crippen LogP contribution in [0.4, 0.5) is 0 Å². The summed E-state index contributed by atoms with van der Waals surface area (Å²) in [6.45, 7) is 2.34. The summed E-state index contributed by atoms with van der Waals surface area (Å²) in [5, 5.41) is 1.60. The molecule has 2 aliphatic rings. The standard InChI is InChI=1S/C18H20Cl2N4O2/c19-13-1-2-14-12(16(13)20)7-15(22-14)18(26)23-5-3-10(8-23)17(25)24-6-4-11(21)9-24/h1-2,7,10-11,22H,3-6,8-9,21H2/t10-,11+/m0/s1. The number of nitrogens with two attached hydrogens (primary N) is 1. The van der Waals surface area contributed by atoms with Crippen LogP contribution in [0.25, 0.3) is 10.9 Å². The Kier molecular flexibility index (Phi) is 4.59. The van der Waals surface area contributed by atoms with Gasteiger partial charge in [-0.3, -0.25) is 9.59 Å². The highest BCUT2D eigenvalue weighted by Gasteiger charge is 2.36. The molecule has 0 radical (unpaired) electrons. The summed E-state index contributed by atoms with van der Waals surface area (Å²) in [6, 6.07) is 5.29. The molecule has 0 unspecified atom stereocenters. The highest BCUT2D eigenvalue weighted by Crippen LogP contribution is 2.32. The van der Waals surface area contributed by atoms with Gasteiger partial charge >= 0.3 is 0 Å². The molecule has 3 N–H and O–H groups in total. The van der Waals surface area contributed by atoms with Crippen molar-refractivity contribution in [2.24, 2.45) is 11.7 Å². The van der Waals surface area contributed by atoms with Gasteiger partial charge in [0, 0.05) is 43.1 Å². The van der Waals surface area contributed by atoms with E-state index in [1.165, 1.54) is 0 Å². The Bertz CT molecular complexity index is 881. The van der Waals surface area contributed by atoms with Gasteiger partial charge in [0.2, 0.25) is 5.91 Å². The minimum absolute atomic E-state index is 0.0704. The van der Waals surface area contributed by atoms with E-state index in [-0.39, 0.29) is 23.8 Å². The van der Waals surface area contributed by atoms with Gasteiger partial charge in [-0.2, -0.15) is 0 Å². The predicted octanol–water partition coefficient (Wildman–Crippen LogP) is 2.50. The first-order valence-electron chi connectivity index (χ1n) is 8.74. The fraction of sp³-hybridized carbons (Fsp3) is 0.444. The molecule has 0 aliphatic carbocycles. The molecular formula is C18H20Cl2N4O2. The van der Waals surface area contributed by atoms with Crippen LogP contribution < -0.4 is 5.73 Å². The maximum Gasteiger partial charge on any atom is 0.270 e. The van der Waals surface area contributed by atoms with Crippen molar-refractivity contribution in [3.63, 3.8) is 0 Å². The van der Waals surface area contributed by atoms with E-state index < -0.39 is 0 Å². The van der Waals surface area contributed by atoms with Crippen molar-refractivity contribution in [1.82, 2.24) is 14.8 Å². The summed E-state index contributed by atoms with van der Waals surface area (Å²) < 4.78 is 0. The molecule has 0 bridgehead atoms. The summed E-state index contributed by atoms with van der Waals surface area (Å²) in [7, 11) is 0. The lowest BCUT2D eigenvalue weighted by Gasteiger charge is -2.20. The average molecular weight is 395 g/mol. The first-order chi connectivity index (χ1) is 12.4. The molecule has 2 amide bonds. The van der Waals surface area contributed by atoms with Crippen molar-refractivity contribution in [2.45, 2.75) is 18.9 Å². The normalized spacial score (nSPS) is 23.2. The second kappa shape index (κ2) is 6.76. The number of halogens is 2. The van der Waals surface area contributed by atoms with Gasteiger partial charge < -0.3 is 20.5 Å². The van der Waals surface area contributed by atoms with Crippen LogP contribution in [0.2, 0.25) is 10.0 Å². The largest absolute Gasteiger partial charge is 0.350 e. The third-order valence-electron chi connectivity index (χ3n) is 5.28. The van der Waals surface area contributed by atoms with Gasteiger partial charge in [-0.25, -0.2) is 0 Å². The lowest BCUT2D eigenvalue weighted by atomic mass is 10.1. The Morgan fingerprint density at radius 1 is 1.12 bits per heavy atom. The molecule has 2 aliphatic heterocycles. The number of hydrogen-bond acceptors (Lipinski definition) is 3. The maximum atomic E-state index is 12.8. The molecule has 26 heavy (non-hydrogen) atoms. The molecule has 0 saturated carbocycles. The third-order valence-corrected chi connectivity index (χ3v) is 6.10. The lowest BCUT2D eigenvalue weighted by Crippen LogP contribution is -2.38. The number of benzene rings is 1. The molecule has 3 heterocycles. The number of carbonyl (C=O) groups excluding carboxylic acids is 2. The van der Waals surface area contributed by atoms with Crippen molar-refractivity contribution in [3.8, 4) is 0 Å². The van der Waals surface area contributed by atoms with Crippen molar-refractivity contribution in [2.75, 3.05) is 26.2 Å². The number of carbonyl (C=O) groups is 2. The number of rotatable bonds is 2. The van der Waals surface area contributed by atoms with Crippen molar-refractivity contribution < 1.29 is 9.59 Å². The number of aromatic amines is 1. The Labute approximate surface area is 161 Å². The second-order valence-corrected chi connectivity index (χ2v) is 7.86. The predicted molar refractivity (Wildman–Crippen MR) is 102 cm³/mol. The minimum Gasteiger partial charge on any atom is -0.350 e. The van der Waals surface area contributed by atoms with Crippen molar-refractivity contribution in [3.05, 3.63) is 33.9 Å². The molecule has 138 valence electrons. The summed E-state index contributed by atoms with van der Waals surface area (Å²) in [4.78, 5) is 32.1. The van der Waals surface area contributed by atoms with Crippen LogP contribution in [-0.4, -0.2) is 58.8 Å². The zero-order valence-electron chi connectivity index (χ0n) is 14.2. The average Bonchev–Trinajstić information content (AvgIpc) is 3.36. The number of nitrogens with zero attached hydrogens (tertiary/aromatic N) is 2. The van der Waals surface area contributed by atoms with Gasteiger partial charge in [-0.1, -0.05) is 23.2 Å². The Morgan fingerprint density at radius 3 is 2.62 bits per heavy atom. The van der Waals surface area contributed by atoms with Crippen molar-refractivity contribution in [1.29, 1.82) is 0 Å². The fourth-order valence-corrected chi connectivity index (χ4v) is 4.20. The van der Waals surface area contributed by atoms with Crippen LogP contribution >= 0.6 is 23.2 Å². The molecule has 2 atom stereocenters.